The average molecular weight is 316 g/mol. The highest BCUT2D eigenvalue weighted by Crippen LogP contribution is 2.21. The van der Waals surface area contributed by atoms with E-state index in [1.807, 2.05) is 18.2 Å². The zero-order valence-electron chi connectivity index (χ0n) is 13.7. The number of nitrogens with zero attached hydrogens (tertiary/aromatic N) is 2. The monoisotopic (exact) mass is 316 g/mol. The molecule has 0 amide bonds. The zero-order valence-corrected chi connectivity index (χ0v) is 14.5. The van der Waals surface area contributed by atoms with Crippen LogP contribution in [0.5, 0.6) is 0 Å². The minimum absolute atomic E-state index is 0.0148. The van der Waals surface area contributed by atoms with Crippen molar-refractivity contribution in [2.24, 2.45) is 4.99 Å². The number of hydrogen-bond donors (Lipinski definition) is 2. The molecule has 5 heteroatoms. The first-order chi connectivity index (χ1) is 10.5. The SMILES string of the molecule is CCNC(=NCc1nc(-c2ccccc2)cs1)NC(C)(C)C. The number of hydrogen-bond acceptors (Lipinski definition) is 3. The van der Waals surface area contributed by atoms with Crippen LogP contribution in [0.4, 0.5) is 0 Å². The Hall–Kier alpha value is -1.88. The van der Waals surface area contributed by atoms with E-state index in [9.17, 15) is 0 Å². The highest BCUT2D eigenvalue weighted by Gasteiger charge is 2.12. The normalized spacial score (nSPS) is 12.3. The molecular weight excluding hydrogens is 292 g/mol. The summed E-state index contributed by atoms with van der Waals surface area (Å²) >= 11 is 1.65. The van der Waals surface area contributed by atoms with Gasteiger partial charge in [0.1, 0.15) is 5.01 Å². The van der Waals surface area contributed by atoms with Gasteiger partial charge in [0.25, 0.3) is 0 Å². The molecule has 0 saturated heterocycles. The predicted molar refractivity (Wildman–Crippen MR) is 95.3 cm³/mol. The summed E-state index contributed by atoms with van der Waals surface area (Å²) in [6.45, 7) is 9.86. The summed E-state index contributed by atoms with van der Waals surface area (Å²) in [5.41, 5.74) is 2.15. The van der Waals surface area contributed by atoms with Gasteiger partial charge in [-0.2, -0.15) is 0 Å². The van der Waals surface area contributed by atoms with Crippen LogP contribution in [-0.2, 0) is 6.54 Å². The van der Waals surface area contributed by atoms with Crippen molar-refractivity contribution in [2.45, 2.75) is 39.8 Å². The summed E-state index contributed by atoms with van der Waals surface area (Å²) in [5.74, 6) is 0.825. The van der Waals surface area contributed by atoms with Crippen molar-refractivity contribution >= 4 is 17.3 Å². The number of guanidine groups is 1. The summed E-state index contributed by atoms with van der Waals surface area (Å²) in [4.78, 5) is 9.28. The maximum Gasteiger partial charge on any atom is 0.192 e. The molecule has 22 heavy (non-hydrogen) atoms. The summed E-state index contributed by atoms with van der Waals surface area (Å²) in [7, 11) is 0. The fourth-order valence-electron chi connectivity index (χ4n) is 1.93. The molecule has 118 valence electrons. The second-order valence-corrected chi connectivity index (χ2v) is 7.01. The lowest BCUT2D eigenvalue weighted by Crippen LogP contribution is -2.47. The first-order valence-corrected chi connectivity index (χ1v) is 8.42. The molecule has 2 aromatic rings. The molecule has 0 spiro atoms. The van der Waals surface area contributed by atoms with E-state index < -0.39 is 0 Å². The van der Waals surface area contributed by atoms with Gasteiger partial charge in [0.05, 0.1) is 12.2 Å². The third-order valence-electron chi connectivity index (χ3n) is 2.83. The van der Waals surface area contributed by atoms with E-state index in [1.165, 1.54) is 0 Å². The second kappa shape index (κ2) is 7.40. The van der Waals surface area contributed by atoms with Gasteiger partial charge in [0.15, 0.2) is 5.96 Å². The molecule has 0 bridgehead atoms. The average Bonchev–Trinajstić information content (AvgIpc) is 2.93. The van der Waals surface area contributed by atoms with E-state index in [1.54, 1.807) is 11.3 Å². The second-order valence-electron chi connectivity index (χ2n) is 6.06. The van der Waals surface area contributed by atoms with Gasteiger partial charge in [-0.05, 0) is 27.7 Å². The van der Waals surface area contributed by atoms with Gasteiger partial charge in [0, 0.05) is 23.0 Å². The van der Waals surface area contributed by atoms with Gasteiger partial charge in [-0.15, -0.1) is 11.3 Å². The van der Waals surface area contributed by atoms with Gasteiger partial charge in [0.2, 0.25) is 0 Å². The standard InChI is InChI=1S/C17H24N4S/c1-5-18-16(21-17(2,3)4)19-11-15-20-14(12-22-15)13-9-7-6-8-10-13/h6-10,12H,5,11H2,1-4H3,(H2,18,19,21). The maximum absolute atomic E-state index is 4.66. The molecule has 0 atom stereocenters. The number of thiazole rings is 1. The Labute approximate surface area is 136 Å². The van der Waals surface area contributed by atoms with Gasteiger partial charge in [-0.25, -0.2) is 9.98 Å². The van der Waals surface area contributed by atoms with Crippen molar-refractivity contribution < 1.29 is 0 Å². The fraction of sp³-hybridized carbons (Fsp3) is 0.412. The van der Waals surface area contributed by atoms with Crippen molar-refractivity contribution in [3.63, 3.8) is 0 Å². The first-order valence-electron chi connectivity index (χ1n) is 7.54. The van der Waals surface area contributed by atoms with Gasteiger partial charge < -0.3 is 10.6 Å². The van der Waals surface area contributed by atoms with Gasteiger partial charge >= 0.3 is 0 Å². The Morgan fingerprint density at radius 2 is 1.95 bits per heavy atom. The largest absolute Gasteiger partial charge is 0.357 e. The third-order valence-corrected chi connectivity index (χ3v) is 3.66. The molecule has 0 unspecified atom stereocenters. The molecule has 2 rings (SSSR count). The van der Waals surface area contributed by atoms with E-state index in [0.29, 0.717) is 6.54 Å². The quantitative estimate of drug-likeness (QED) is 0.668. The Balaban J connectivity index is 2.06. The predicted octanol–water partition coefficient (Wildman–Crippen LogP) is 3.66. The van der Waals surface area contributed by atoms with Crippen molar-refractivity contribution in [3.05, 3.63) is 40.7 Å². The molecule has 0 radical (unpaired) electrons. The lowest BCUT2D eigenvalue weighted by atomic mass is 10.1. The highest BCUT2D eigenvalue weighted by molar-refractivity contribution is 7.09. The van der Waals surface area contributed by atoms with Crippen LogP contribution >= 0.6 is 11.3 Å². The van der Waals surface area contributed by atoms with E-state index in [-0.39, 0.29) is 5.54 Å². The molecule has 0 aliphatic carbocycles. The molecular formula is C17H24N4S. The zero-order chi connectivity index (χ0) is 16.0. The first kappa shape index (κ1) is 16.5. The molecule has 1 heterocycles. The molecule has 0 fully saturated rings. The molecule has 1 aromatic heterocycles. The van der Waals surface area contributed by atoms with Crippen LogP contribution in [0, 0.1) is 0 Å². The molecule has 0 aliphatic rings. The van der Waals surface area contributed by atoms with E-state index >= 15 is 0 Å². The van der Waals surface area contributed by atoms with Crippen LogP contribution in [0.2, 0.25) is 0 Å². The van der Waals surface area contributed by atoms with Crippen molar-refractivity contribution in [1.29, 1.82) is 0 Å². The molecule has 1 aromatic carbocycles. The molecule has 2 N–H and O–H groups in total. The number of benzene rings is 1. The van der Waals surface area contributed by atoms with Gasteiger partial charge in [-0.1, -0.05) is 30.3 Å². The Morgan fingerprint density at radius 3 is 2.59 bits per heavy atom. The van der Waals surface area contributed by atoms with E-state index in [4.69, 9.17) is 0 Å². The maximum atomic E-state index is 4.66. The minimum Gasteiger partial charge on any atom is -0.357 e. The minimum atomic E-state index is -0.0148. The summed E-state index contributed by atoms with van der Waals surface area (Å²) < 4.78 is 0. The lowest BCUT2D eigenvalue weighted by molar-refractivity contribution is 0.501. The number of aliphatic imine (C=N–C) groups is 1. The van der Waals surface area contributed by atoms with Crippen LogP contribution in [0.3, 0.4) is 0 Å². The van der Waals surface area contributed by atoms with E-state index in [0.717, 1.165) is 28.8 Å². The van der Waals surface area contributed by atoms with Crippen LogP contribution in [0.25, 0.3) is 11.3 Å². The molecule has 4 nitrogen and oxygen atoms in total. The molecule has 0 saturated carbocycles. The van der Waals surface area contributed by atoms with Crippen molar-refractivity contribution in [2.75, 3.05) is 6.54 Å². The summed E-state index contributed by atoms with van der Waals surface area (Å²) in [6.07, 6.45) is 0. The number of rotatable bonds is 4. The van der Waals surface area contributed by atoms with Crippen molar-refractivity contribution in [1.82, 2.24) is 15.6 Å². The summed E-state index contributed by atoms with van der Waals surface area (Å²) in [5, 5.41) is 9.75. The van der Waals surface area contributed by atoms with Crippen LogP contribution in [0.15, 0.2) is 40.7 Å². The van der Waals surface area contributed by atoms with Crippen LogP contribution in [0.1, 0.15) is 32.7 Å². The number of aromatic nitrogens is 1. The fourth-order valence-corrected chi connectivity index (χ4v) is 2.66. The Bertz CT molecular complexity index is 611. The lowest BCUT2D eigenvalue weighted by Gasteiger charge is -2.23. The Kier molecular flexibility index (Phi) is 5.55. The van der Waals surface area contributed by atoms with Crippen LogP contribution in [-0.4, -0.2) is 23.0 Å². The molecule has 0 aliphatic heterocycles. The number of nitrogens with one attached hydrogen (secondary N) is 2. The van der Waals surface area contributed by atoms with Gasteiger partial charge in [-0.3, -0.25) is 0 Å². The topological polar surface area (TPSA) is 49.3 Å². The Morgan fingerprint density at radius 1 is 1.23 bits per heavy atom. The smallest absolute Gasteiger partial charge is 0.192 e. The third kappa shape index (κ3) is 5.15. The van der Waals surface area contributed by atoms with Crippen LogP contribution < -0.4 is 10.6 Å². The van der Waals surface area contributed by atoms with Crippen molar-refractivity contribution in [3.8, 4) is 11.3 Å². The highest BCUT2D eigenvalue weighted by atomic mass is 32.1. The summed E-state index contributed by atoms with van der Waals surface area (Å²) in [6, 6.07) is 10.2. The van der Waals surface area contributed by atoms with E-state index in [2.05, 4.69) is 65.8 Å².